The maximum atomic E-state index is 6.75. The molecule has 1 unspecified atom stereocenters. The summed E-state index contributed by atoms with van der Waals surface area (Å²) < 4.78 is 13.2. The topological polar surface area (TPSA) is 18.5 Å². The summed E-state index contributed by atoms with van der Waals surface area (Å²) >= 11 is 0. The highest BCUT2D eigenvalue weighted by atomic mass is 16.7. The van der Waals surface area contributed by atoms with E-state index in [0.29, 0.717) is 0 Å². The van der Waals surface area contributed by atoms with Crippen molar-refractivity contribution in [2.75, 3.05) is 6.61 Å². The summed E-state index contributed by atoms with van der Waals surface area (Å²) in [6.45, 7) is 5.27. The van der Waals surface area contributed by atoms with E-state index in [1.165, 1.54) is 47.1 Å². The van der Waals surface area contributed by atoms with Crippen molar-refractivity contribution in [1.82, 2.24) is 0 Å². The van der Waals surface area contributed by atoms with Gasteiger partial charge in [0.15, 0.2) is 5.79 Å². The van der Waals surface area contributed by atoms with Crippen LogP contribution in [0.15, 0.2) is 54.6 Å². The number of unbranched alkanes of at least 4 members (excludes halogenated alkanes) is 1. The average molecular weight is 389 g/mol. The van der Waals surface area contributed by atoms with Gasteiger partial charge in [0.2, 0.25) is 0 Å². The second-order valence-corrected chi connectivity index (χ2v) is 9.08. The lowest BCUT2D eigenvalue weighted by Crippen LogP contribution is -2.44. The van der Waals surface area contributed by atoms with E-state index in [9.17, 15) is 0 Å². The van der Waals surface area contributed by atoms with Gasteiger partial charge in [-0.3, -0.25) is 0 Å². The molecule has 0 N–H and O–H groups in total. The van der Waals surface area contributed by atoms with Crippen LogP contribution in [-0.2, 0) is 9.47 Å². The third-order valence-electron chi connectivity index (χ3n) is 7.27. The zero-order chi connectivity index (χ0) is 19.9. The zero-order valence-electron chi connectivity index (χ0n) is 17.7. The smallest absolute Gasteiger partial charge is 0.177 e. The Hall–Kier alpha value is -1.90. The van der Waals surface area contributed by atoms with Gasteiger partial charge in [-0.05, 0) is 60.4 Å². The van der Waals surface area contributed by atoms with E-state index in [4.69, 9.17) is 9.47 Å². The van der Waals surface area contributed by atoms with E-state index in [0.717, 1.165) is 32.3 Å². The van der Waals surface area contributed by atoms with Crippen LogP contribution in [0.25, 0.3) is 16.7 Å². The van der Waals surface area contributed by atoms with E-state index in [1.54, 1.807) is 0 Å². The van der Waals surface area contributed by atoms with Crippen molar-refractivity contribution in [2.45, 2.75) is 70.7 Å². The fourth-order valence-corrected chi connectivity index (χ4v) is 5.83. The van der Waals surface area contributed by atoms with Gasteiger partial charge < -0.3 is 9.47 Å². The molecule has 2 aromatic rings. The van der Waals surface area contributed by atoms with Crippen LogP contribution in [0.5, 0.6) is 0 Å². The van der Waals surface area contributed by atoms with E-state index in [1.807, 2.05) is 0 Å². The van der Waals surface area contributed by atoms with Crippen molar-refractivity contribution >= 4 is 5.57 Å². The van der Waals surface area contributed by atoms with Gasteiger partial charge in [-0.2, -0.15) is 0 Å². The molecule has 2 heteroatoms. The van der Waals surface area contributed by atoms with Gasteiger partial charge in [0.05, 0.1) is 12.7 Å². The van der Waals surface area contributed by atoms with Crippen molar-refractivity contribution in [3.63, 3.8) is 0 Å². The van der Waals surface area contributed by atoms with Crippen LogP contribution in [0.3, 0.4) is 0 Å². The molecule has 0 aromatic heterocycles. The maximum Gasteiger partial charge on any atom is 0.177 e. The fraction of sp³-hybridized carbons (Fsp3) is 0.481. The number of ether oxygens (including phenoxy) is 2. The monoisotopic (exact) mass is 388 g/mol. The van der Waals surface area contributed by atoms with E-state index >= 15 is 0 Å². The Kier molecular flexibility index (Phi) is 4.88. The molecule has 1 saturated carbocycles. The Morgan fingerprint density at radius 1 is 0.966 bits per heavy atom. The van der Waals surface area contributed by atoms with Gasteiger partial charge in [-0.15, -0.1) is 0 Å². The van der Waals surface area contributed by atoms with Crippen molar-refractivity contribution in [1.29, 1.82) is 0 Å². The van der Waals surface area contributed by atoms with Crippen LogP contribution in [0.2, 0.25) is 0 Å². The lowest BCUT2D eigenvalue weighted by Gasteiger charge is -2.39. The first kappa shape index (κ1) is 19.1. The van der Waals surface area contributed by atoms with Crippen LogP contribution in [-0.4, -0.2) is 18.5 Å². The molecule has 0 amide bonds. The first-order chi connectivity index (χ1) is 14.2. The quantitative estimate of drug-likeness (QED) is 0.453. The first-order valence-electron chi connectivity index (χ1n) is 11.4. The highest BCUT2D eigenvalue weighted by Gasteiger charge is 2.60. The Morgan fingerprint density at radius 2 is 1.62 bits per heavy atom. The van der Waals surface area contributed by atoms with Crippen molar-refractivity contribution < 1.29 is 9.47 Å². The van der Waals surface area contributed by atoms with Gasteiger partial charge >= 0.3 is 0 Å². The minimum atomic E-state index is -0.445. The standard InChI is InChI=1S/C27H32O2/c1-3-4-10-20(2)29-27-16-9-15-26(27,17-18-28-27)19-25-23-13-7-5-11-21(23)22-12-6-8-14-24(22)25/h5-8,11-14,19-20H,3-4,9-10,15-18H2,1-2H3/t20?,26-,27+/m1/s1. The summed E-state index contributed by atoms with van der Waals surface area (Å²) in [6.07, 6.45) is 10.7. The van der Waals surface area contributed by atoms with Gasteiger partial charge in [0, 0.05) is 11.8 Å². The van der Waals surface area contributed by atoms with Crippen molar-refractivity contribution in [3.8, 4) is 11.1 Å². The molecule has 3 atom stereocenters. The number of benzene rings is 2. The Labute approximate surface area is 174 Å². The molecule has 5 rings (SSSR count). The summed E-state index contributed by atoms with van der Waals surface area (Å²) in [7, 11) is 0. The SMILES string of the molecule is CCCCC(C)O[C@@]12CCC[C@]1(C=C1c3ccccc3-c3ccccc31)CCO2. The van der Waals surface area contributed by atoms with Crippen LogP contribution in [0.4, 0.5) is 0 Å². The predicted octanol–water partition coefficient (Wildman–Crippen LogP) is 6.98. The first-order valence-corrected chi connectivity index (χ1v) is 11.4. The third kappa shape index (κ3) is 3.00. The molecule has 3 aliphatic rings. The molecule has 0 bridgehead atoms. The van der Waals surface area contributed by atoms with Crippen LogP contribution in [0, 0.1) is 5.41 Å². The van der Waals surface area contributed by atoms with E-state index in [-0.39, 0.29) is 11.5 Å². The number of hydrogen-bond acceptors (Lipinski definition) is 2. The lowest BCUT2D eigenvalue weighted by atomic mass is 9.77. The van der Waals surface area contributed by atoms with Crippen molar-refractivity contribution in [3.05, 3.63) is 65.7 Å². The van der Waals surface area contributed by atoms with Gasteiger partial charge in [-0.25, -0.2) is 0 Å². The molecule has 1 aliphatic heterocycles. The number of rotatable bonds is 6. The molecule has 152 valence electrons. The highest BCUT2D eigenvalue weighted by molar-refractivity contribution is 6.01. The summed E-state index contributed by atoms with van der Waals surface area (Å²) in [4.78, 5) is 0. The van der Waals surface area contributed by atoms with Gasteiger partial charge in [0.1, 0.15) is 0 Å². The zero-order valence-corrected chi connectivity index (χ0v) is 17.7. The van der Waals surface area contributed by atoms with Crippen LogP contribution in [0.1, 0.15) is 69.9 Å². The Morgan fingerprint density at radius 3 is 2.28 bits per heavy atom. The largest absolute Gasteiger partial charge is 0.349 e. The predicted molar refractivity (Wildman–Crippen MR) is 119 cm³/mol. The molecule has 1 saturated heterocycles. The molecule has 2 nitrogen and oxygen atoms in total. The average Bonchev–Trinajstić information content (AvgIpc) is 3.35. The van der Waals surface area contributed by atoms with E-state index < -0.39 is 5.79 Å². The molecule has 0 radical (unpaired) electrons. The minimum absolute atomic E-state index is 0.0205. The number of hydrogen-bond donors (Lipinski definition) is 0. The van der Waals surface area contributed by atoms with E-state index in [2.05, 4.69) is 68.5 Å². The normalized spacial score (nSPS) is 28.1. The van der Waals surface area contributed by atoms with Crippen LogP contribution < -0.4 is 0 Å². The highest BCUT2D eigenvalue weighted by Crippen LogP contribution is 2.59. The maximum absolute atomic E-state index is 6.75. The lowest BCUT2D eigenvalue weighted by molar-refractivity contribution is -0.258. The molecule has 2 aliphatic carbocycles. The molecule has 0 spiro atoms. The number of fused-ring (bicyclic) bond motifs is 4. The minimum Gasteiger partial charge on any atom is -0.349 e. The fourth-order valence-electron chi connectivity index (χ4n) is 5.83. The third-order valence-corrected chi connectivity index (χ3v) is 7.27. The summed E-state index contributed by atoms with van der Waals surface area (Å²) in [5.74, 6) is -0.445. The van der Waals surface area contributed by atoms with Gasteiger partial charge in [0.25, 0.3) is 0 Å². The molecule has 2 fully saturated rings. The second-order valence-electron chi connectivity index (χ2n) is 9.08. The molecular formula is C27H32O2. The van der Waals surface area contributed by atoms with Crippen molar-refractivity contribution in [2.24, 2.45) is 5.41 Å². The summed E-state index contributed by atoms with van der Waals surface area (Å²) in [6, 6.07) is 17.7. The molecule has 2 aromatic carbocycles. The summed E-state index contributed by atoms with van der Waals surface area (Å²) in [5.41, 5.74) is 6.77. The van der Waals surface area contributed by atoms with Gasteiger partial charge in [-0.1, -0.05) is 74.4 Å². The Bertz CT molecular complexity index is 868. The second kappa shape index (κ2) is 7.41. The molecule has 1 heterocycles. The molecule has 29 heavy (non-hydrogen) atoms. The Balaban J connectivity index is 1.57. The summed E-state index contributed by atoms with van der Waals surface area (Å²) in [5, 5.41) is 0. The molecular weight excluding hydrogens is 356 g/mol. The van der Waals surface area contributed by atoms with Crippen LogP contribution >= 0.6 is 0 Å².